The molecule has 1 saturated heterocycles. The number of piperidine rings is 1. The van der Waals surface area contributed by atoms with Crippen LogP contribution in [0, 0.1) is 5.92 Å². The van der Waals surface area contributed by atoms with Crippen LogP contribution in [0.4, 0.5) is 0 Å². The summed E-state index contributed by atoms with van der Waals surface area (Å²) >= 11 is 0. The van der Waals surface area contributed by atoms with Gasteiger partial charge in [-0.05, 0) is 50.9 Å². The van der Waals surface area contributed by atoms with Gasteiger partial charge in [-0.2, -0.15) is 0 Å². The summed E-state index contributed by atoms with van der Waals surface area (Å²) in [7, 11) is 3.68. The summed E-state index contributed by atoms with van der Waals surface area (Å²) in [4.78, 5) is 29.3. The van der Waals surface area contributed by atoms with Gasteiger partial charge in [0, 0.05) is 33.2 Å². The first-order chi connectivity index (χ1) is 11.4. The molecule has 0 radical (unpaired) electrons. The number of nitrogens with zero attached hydrogens (tertiary/aromatic N) is 2. The summed E-state index contributed by atoms with van der Waals surface area (Å²) in [5.41, 5.74) is 0. The van der Waals surface area contributed by atoms with Crippen molar-refractivity contribution in [3.05, 3.63) is 0 Å². The normalized spacial score (nSPS) is 26.5. The van der Waals surface area contributed by atoms with Crippen LogP contribution in [0.1, 0.15) is 65.2 Å². The minimum atomic E-state index is -0.289. The second kappa shape index (κ2) is 8.84. The standard InChI is InChI=1S/C19H34N2O3/c1-14(2)13-17(21-12-6-5-7-18(21)22)19(23)20(3)15-8-10-16(24-4)11-9-15/h14-17H,5-13H2,1-4H3/t15?,16?,17-/m0/s1. The molecule has 2 fully saturated rings. The van der Waals surface area contributed by atoms with Crippen LogP contribution in [0.3, 0.4) is 0 Å². The maximum atomic E-state index is 13.2. The molecule has 1 heterocycles. The molecule has 1 aliphatic heterocycles. The fourth-order valence-electron chi connectivity index (χ4n) is 4.05. The molecule has 1 atom stereocenters. The number of ether oxygens (including phenoxy) is 1. The zero-order valence-electron chi connectivity index (χ0n) is 15.8. The van der Waals surface area contributed by atoms with Gasteiger partial charge in [-0.25, -0.2) is 0 Å². The number of hydrogen-bond donors (Lipinski definition) is 0. The molecule has 0 aromatic carbocycles. The van der Waals surface area contributed by atoms with Crippen molar-refractivity contribution < 1.29 is 14.3 Å². The second-order valence-corrected chi connectivity index (χ2v) is 7.80. The molecule has 0 aromatic heterocycles. The van der Waals surface area contributed by atoms with Gasteiger partial charge in [0.05, 0.1) is 6.10 Å². The quantitative estimate of drug-likeness (QED) is 0.748. The van der Waals surface area contributed by atoms with Crippen LogP contribution in [0.15, 0.2) is 0 Å². The number of carbonyl (C=O) groups is 2. The van der Waals surface area contributed by atoms with E-state index in [2.05, 4.69) is 13.8 Å². The molecule has 5 heteroatoms. The molecule has 24 heavy (non-hydrogen) atoms. The molecule has 138 valence electrons. The molecule has 0 bridgehead atoms. The highest BCUT2D eigenvalue weighted by molar-refractivity contribution is 5.88. The highest BCUT2D eigenvalue weighted by Gasteiger charge is 2.36. The molecule has 0 N–H and O–H groups in total. The highest BCUT2D eigenvalue weighted by Crippen LogP contribution is 2.27. The van der Waals surface area contributed by atoms with E-state index in [4.69, 9.17) is 4.74 Å². The summed E-state index contributed by atoms with van der Waals surface area (Å²) < 4.78 is 5.43. The molecule has 2 rings (SSSR count). The van der Waals surface area contributed by atoms with E-state index in [0.29, 0.717) is 18.4 Å². The number of likely N-dealkylation sites (tertiary alicyclic amines) is 1. The van der Waals surface area contributed by atoms with Crippen molar-refractivity contribution in [1.82, 2.24) is 9.80 Å². The maximum absolute atomic E-state index is 13.2. The van der Waals surface area contributed by atoms with Gasteiger partial charge >= 0.3 is 0 Å². The molecule has 2 amide bonds. The van der Waals surface area contributed by atoms with Crippen LogP contribution < -0.4 is 0 Å². The second-order valence-electron chi connectivity index (χ2n) is 7.80. The number of hydrogen-bond acceptors (Lipinski definition) is 3. The van der Waals surface area contributed by atoms with E-state index < -0.39 is 0 Å². The number of amides is 2. The van der Waals surface area contributed by atoms with Crippen molar-refractivity contribution in [2.75, 3.05) is 20.7 Å². The maximum Gasteiger partial charge on any atom is 0.245 e. The minimum Gasteiger partial charge on any atom is -0.381 e. The molecule has 1 saturated carbocycles. The summed E-state index contributed by atoms with van der Waals surface area (Å²) in [5, 5.41) is 0. The lowest BCUT2D eigenvalue weighted by Gasteiger charge is -2.40. The Kier molecular flexibility index (Phi) is 7.08. The van der Waals surface area contributed by atoms with Crippen molar-refractivity contribution in [1.29, 1.82) is 0 Å². The summed E-state index contributed by atoms with van der Waals surface area (Å²) in [5.74, 6) is 0.669. The number of methoxy groups -OCH3 is 1. The smallest absolute Gasteiger partial charge is 0.245 e. The van der Waals surface area contributed by atoms with Gasteiger partial charge in [-0.1, -0.05) is 13.8 Å². The van der Waals surface area contributed by atoms with Crippen LogP contribution in [0.25, 0.3) is 0 Å². The van der Waals surface area contributed by atoms with Crippen molar-refractivity contribution in [2.24, 2.45) is 5.92 Å². The van der Waals surface area contributed by atoms with Gasteiger partial charge in [0.15, 0.2) is 0 Å². The summed E-state index contributed by atoms with van der Waals surface area (Å²) in [6, 6.07) is -0.0126. The monoisotopic (exact) mass is 338 g/mol. The van der Waals surface area contributed by atoms with Crippen LogP contribution in [0.5, 0.6) is 0 Å². The van der Waals surface area contributed by atoms with Gasteiger partial charge in [0.2, 0.25) is 11.8 Å². The van der Waals surface area contributed by atoms with Crippen LogP contribution in [-0.2, 0) is 14.3 Å². The van der Waals surface area contributed by atoms with E-state index in [-0.39, 0.29) is 23.9 Å². The van der Waals surface area contributed by atoms with Crippen molar-refractivity contribution in [3.63, 3.8) is 0 Å². The van der Waals surface area contributed by atoms with E-state index in [1.807, 2.05) is 16.8 Å². The average molecular weight is 338 g/mol. The Morgan fingerprint density at radius 3 is 2.46 bits per heavy atom. The van der Waals surface area contributed by atoms with Crippen molar-refractivity contribution in [2.45, 2.75) is 83.4 Å². The molecule has 0 aromatic rings. The first-order valence-corrected chi connectivity index (χ1v) is 9.53. The number of carbonyl (C=O) groups excluding carboxylic acids is 2. The third-order valence-corrected chi connectivity index (χ3v) is 5.59. The third-order valence-electron chi connectivity index (χ3n) is 5.59. The Labute approximate surface area is 146 Å². The molecule has 5 nitrogen and oxygen atoms in total. The van der Waals surface area contributed by atoms with Gasteiger partial charge in [0.25, 0.3) is 0 Å². The van der Waals surface area contributed by atoms with E-state index in [1.54, 1.807) is 7.11 Å². The Balaban J connectivity index is 2.04. The van der Waals surface area contributed by atoms with Gasteiger partial charge in [0.1, 0.15) is 6.04 Å². The average Bonchev–Trinajstić information content (AvgIpc) is 2.59. The van der Waals surface area contributed by atoms with Gasteiger partial charge < -0.3 is 14.5 Å². The van der Waals surface area contributed by atoms with Crippen LogP contribution in [0.2, 0.25) is 0 Å². The Morgan fingerprint density at radius 1 is 1.25 bits per heavy atom. The third kappa shape index (κ3) is 4.71. The molecule has 1 aliphatic carbocycles. The summed E-state index contributed by atoms with van der Waals surface area (Å²) in [6.07, 6.45) is 7.64. The largest absolute Gasteiger partial charge is 0.381 e. The van der Waals surface area contributed by atoms with Crippen LogP contribution in [-0.4, -0.2) is 60.5 Å². The lowest BCUT2D eigenvalue weighted by Crippen LogP contribution is -2.54. The molecule has 0 spiro atoms. The zero-order valence-corrected chi connectivity index (χ0v) is 15.8. The fraction of sp³-hybridized carbons (Fsp3) is 0.895. The molecule has 0 unspecified atom stereocenters. The predicted molar refractivity (Wildman–Crippen MR) is 94.6 cm³/mol. The Morgan fingerprint density at radius 2 is 1.92 bits per heavy atom. The van der Waals surface area contributed by atoms with Gasteiger partial charge in [-0.3, -0.25) is 9.59 Å². The van der Waals surface area contributed by atoms with E-state index in [1.165, 1.54) is 0 Å². The molecular formula is C19H34N2O3. The Bertz CT molecular complexity index is 430. The highest BCUT2D eigenvalue weighted by atomic mass is 16.5. The first kappa shape index (κ1) is 19.2. The predicted octanol–water partition coefficient (Wildman–Crippen LogP) is 2.83. The SMILES string of the molecule is COC1CCC(N(C)C(=O)[C@H](CC(C)C)N2CCCCC2=O)CC1. The molecular weight excluding hydrogens is 304 g/mol. The van der Waals surface area contributed by atoms with Crippen LogP contribution >= 0.6 is 0 Å². The van der Waals surface area contributed by atoms with E-state index in [0.717, 1.165) is 51.5 Å². The lowest BCUT2D eigenvalue weighted by molar-refractivity contribution is -0.149. The van der Waals surface area contributed by atoms with Crippen molar-refractivity contribution in [3.8, 4) is 0 Å². The molecule has 2 aliphatic rings. The van der Waals surface area contributed by atoms with E-state index in [9.17, 15) is 9.59 Å². The zero-order chi connectivity index (χ0) is 17.7. The Hall–Kier alpha value is -1.10. The topological polar surface area (TPSA) is 49.9 Å². The summed E-state index contributed by atoms with van der Waals surface area (Å²) in [6.45, 7) is 4.98. The number of likely N-dealkylation sites (N-methyl/N-ethyl adjacent to an activating group) is 1. The number of rotatable bonds is 6. The van der Waals surface area contributed by atoms with Gasteiger partial charge in [-0.15, -0.1) is 0 Å². The fourth-order valence-corrected chi connectivity index (χ4v) is 4.05. The minimum absolute atomic E-state index is 0.125. The van der Waals surface area contributed by atoms with Crippen molar-refractivity contribution >= 4 is 11.8 Å². The van der Waals surface area contributed by atoms with E-state index >= 15 is 0 Å². The first-order valence-electron chi connectivity index (χ1n) is 9.53. The lowest BCUT2D eigenvalue weighted by atomic mass is 9.91.